The fraction of sp³-hybridized carbons (Fsp3) is 0.286. The lowest BCUT2D eigenvalue weighted by molar-refractivity contribution is 0.144. The fourth-order valence-corrected chi connectivity index (χ4v) is 1.88. The fourth-order valence-electron chi connectivity index (χ4n) is 0.941. The molecule has 0 aliphatic heterocycles. The summed E-state index contributed by atoms with van der Waals surface area (Å²) < 4.78 is 46.8. The van der Waals surface area contributed by atoms with E-state index in [1.807, 2.05) is 0 Å². The highest BCUT2D eigenvalue weighted by molar-refractivity contribution is 9.10. The molecule has 0 saturated heterocycles. The first-order chi connectivity index (χ1) is 6.73. The van der Waals surface area contributed by atoms with Gasteiger partial charge in [0.15, 0.2) is 5.03 Å². The summed E-state index contributed by atoms with van der Waals surface area (Å²) in [5, 5.41) is 4.24. The lowest BCUT2D eigenvalue weighted by Crippen LogP contribution is -2.15. The van der Waals surface area contributed by atoms with E-state index in [1.165, 1.54) is 6.92 Å². The molecule has 0 spiro atoms. The predicted octanol–water partition coefficient (Wildman–Crippen LogP) is 1.74. The van der Waals surface area contributed by atoms with Crippen molar-refractivity contribution in [2.45, 2.75) is 18.4 Å². The number of rotatable bonds is 2. The van der Waals surface area contributed by atoms with Crippen molar-refractivity contribution in [3.8, 4) is 0 Å². The third-order valence-corrected chi connectivity index (χ3v) is 3.46. The zero-order valence-electron chi connectivity index (χ0n) is 7.54. The van der Waals surface area contributed by atoms with Crippen LogP contribution in [0.3, 0.4) is 0 Å². The Hall–Kier alpha value is -0.600. The van der Waals surface area contributed by atoms with Crippen LogP contribution in [0.15, 0.2) is 15.6 Å². The van der Waals surface area contributed by atoms with Crippen molar-refractivity contribution in [2.75, 3.05) is 0 Å². The molecule has 0 aromatic carbocycles. The van der Waals surface area contributed by atoms with Gasteiger partial charge in [-0.3, -0.25) is 0 Å². The van der Waals surface area contributed by atoms with Crippen molar-refractivity contribution in [3.05, 3.63) is 21.8 Å². The summed E-state index contributed by atoms with van der Waals surface area (Å²) in [6.45, 7) is 1.48. The molecule has 1 aromatic rings. The average molecular weight is 301 g/mol. The summed E-state index contributed by atoms with van der Waals surface area (Å²) in [6.07, 6.45) is -2.86. The van der Waals surface area contributed by atoms with E-state index in [0.717, 1.165) is 6.07 Å². The van der Waals surface area contributed by atoms with E-state index in [0.29, 0.717) is 5.56 Å². The number of halogens is 3. The Balaban J connectivity index is 3.50. The van der Waals surface area contributed by atoms with Crippen LogP contribution < -0.4 is 5.14 Å². The largest absolute Gasteiger partial charge is 0.281 e. The highest BCUT2D eigenvalue weighted by Crippen LogP contribution is 2.29. The third-order valence-electron chi connectivity index (χ3n) is 1.64. The van der Waals surface area contributed by atoms with Crippen LogP contribution in [0.25, 0.3) is 0 Å². The Bertz CT molecular complexity index is 490. The summed E-state index contributed by atoms with van der Waals surface area (Å²) in [4.78, 5) is 3.29. The van der Waals surface area contributed by atoms with Crippen molar-refractivity contribution in [3.63, 3.8) is 0 Å². The molecule has 4 nitrogen and oxygen atoms in total. The van der Waals surface area contributed by atoms with Crippen LogP contribution in [0.5, 0.6) is 0 Å². The first kappa shape index (κ1) is 12.5. The number of nitrogens with two attached hydrogens (primary N) is 1. The zero-order chi connectivity index (χ0) is 11.8. The van der Waals surface area contributed by atoms with Crippen LogP contribution in [0, 0.1) is 6.92 Å². The minimum atomic E-state index is -4.06. The number of sulfonamides is 1. The van der Waals surface area contributed by atoms with Gasteiger partial charge in [0.25, 0.3) is 16.4 Å². The minimum Gasteiger partial charge on any atom is -0.233 e. The smallest absolute Gasteiger partial charge is 0.233 e. The molecule has 0 unspecified atom stereocenters. The lowest BCUT2D eigenvalue weighted by Gasteiger charge is -2.07. The summed E-state index contributed by atoms with van der Waals surface area (Å²) in [7, 11) is -4.06. The summed E-state index contributed by atoms with van der Waals surface area (Å²) >= 11 is 2.90. The number of aryl methyl sites for hydroxylation is 1. The van der Waals surface area contributed by atoms with Crippen LogP contribution in [0.1, 0.15) is 17.7 Å². The maximum absolute atomic E-state index is 12.4. The van der Waals surface area contributed by atoms with Crippen molar-refractivity contribution >= 4 is 26.0 Å². The first-order valence-corrected chi connectivity index (χ1v) is 6.05. The molecule has 8 heteroatoms. The van der Waals surface area contributed by atoms with E-state index in [-0.39, 0.29) is 4.47 Å². The summed E-state index contributed by atoms with van der Waals surface area (Å²) in [5.74, 6) is 0. The molecule has 0 fully saturated rings. The number of hydrogen-bond acceptors (Lipinski definition) is 3. The lowest BCUT2D eigenvalue weighted by atomic mass is 10.2. The van der Waals surface area contributed by atoms with E-state index in [4.69, 9.17) is 5.14 Å². The molecular formula is C7H7BrF2N2O2S. The molecule has 1 heterocycles. The molecule has 1 aromatic heterocycles. The topological polar surface area (TPSA) is 73.1 Å². The van der Waals surface area contributed by atoms with E-state index >= 15 is 0 Å². The monoisotopic (exact) mass is 300 g/mol. The molecule has 2 N–H and O–H groups in total. The van der Waals surface area contributed by atoms with Crippen LogP contribution in [0.2, 0.25) is 0 Å². The van der Waals surface area contributed by atoms with Gasteiger partial charge in [0.05, 0.1) is 0 Å². The maximum Gasteiger partial charge on any atom is 0.281 e. The van der Waals surface area contributed by atoms with Crippen LogP contribution in [0.4, 0.5) is 8.78 Å². The highest BCUT2D eigenvalue weighted by atomic mass is 79.9. The molecule has 0 aliphatic rings. The Morgan fingerprint density at radius 2 is 2.07 bits per heavy atom. The van der Waals surface area contributed by atoms with Gasteiger partial charge < -0.3 is 0 Å². The van der Waals surface area contributed by atoms with Gasteiger partial charge >= 0.3 is 0 Å². The molecule has 0 saturated carbocycles. The zero-order valence-corrected chi connectivity index (χ0v) is 9.94. The second-order valence-electron chi connectivity index (χ2n) is 2.82. The Labute approximate surface area is 93.7 Å². The van der Waals surface area contributed by atoms with Crippen molar-refractivity contribution in [1.82, 2.24) is 4.98 Å². The number of alkyl halides is 2. The molecule has 0 atom stereocenters. The van der Waals surface area contributed by atoms with Crippen molar-refractivity contribution < 1.29 is 17.2 Å². The van der Waals surface area contributed by atoms with Crippen molar-refractivity contribution in [2.24, 2.45) is 5.14 Å². The van der Waals surface area contributed by atoms with Gasteiger partial charge in [0.1, 0.15) is 5.69 Å². The SMILES string of the molecule is Cc1cc(S(N)(=O)=O)nc(C(F)F)c1Br. The van der Waals surface area contributed by atoms with Crippen LogP contribution in [-0.2, 0) is 10.0 Å². The molecule has 0 radical (unpaired) electrons. The number of primary sulfonamides is 1. The Morgan fingerprint density at radius 3 is 2.47 bits per heavy atom. The van der Waals surface area contributed by atoms with Crippen LogP contribution >= 0.6 is 15.9 Å². The van der Waals surface area contributed by atoms with Crippen LogP contribution in [-0.4, -0.2) is 13.4 Å². The maximum atomic E-state index is 12.4. The number of hydrogen-bond donors (Lipinski definition) is 1. The molecule has 15 heavy (non-hydrogen) atoms. The van der Waals surface area contributed by atoms with Gasteiger partial charge in [-0.1, -0.05) is 0 Å². The minimum absolute atomic E-state index is 0.0879. The van der Waals surface area contributed by atoms with Gasteiger partial charge in [-0.2, -0.15) is 0 Å². The van der Waals surface area contributed by atoms with Gasteiger partial charge in [-0.05, 0) is 34.5 Å². The molecule has 1 rings (SSSR count). The Morgan fingerprint density at radius 1 is 1.53 bits per heavy atom. The second kappa shape index (κ2) is 4.11. The van der Waals surface area contributed by atoms with Gasteiger partial charge in [-0.15, -0.1) is 0 Å². The number of aromatic nitrogens is 1. The quantitative estimate of drug-likeness (QED) is 0.904. The van der Waals surface area contributed by atoms with E-state index in [9.17, 15) is 17.2 Å². The number of pyridine rings is 1. The average Bonchev–Trinajstić information content (AvgIpc) is 2.06. The van der Waals surface area contributed by atoms with Gasteiger partial charge in [0.2, 0.25) is 0 Å². The molecule has 0 aliphatic carbocycles. The Kier molecular flexibility index (Phi) is 3.41. The molecule has 0 bridgehead atoms. The second-order valence-corrected chi connectivity index (χ2v) is 5.12. The molecule has 84 valence electrons. The molecular weight excluding hydrogens is 294 g/mol. The summed E-state index contributed by atoms with van der Waals surface area (Å²) in [5.41, 5.74) is -0.289. The van der Waals surface area contributed by atoms with Gasteiger partial charge in [-0.25, -0.2) is 27.3 Å². The first-order valence-electron chi connectivity index (χ1n) is 3.71. The van der Waals surface area contributed by atoms with Gasteiger partial charge in [0, 0.05) is 4.47 Å². The standard InChI is InChI=1S/C7H7BrF2N2O2S/c1-3-2-4(15(11,13)14)12-6(5(3)8)7(9)10/h2,7H,1H3,(H2,11,13,14). The summed E-state index contributed by atoms with van der Waals surface area (Å²) in [6, 6.07) is 1.13. The third kappa shape index (κ3) is 2.70. The highest BCUT2D eigenvalue weighted by Gasteiger charge is 2.20. The van der Waals surface area contributed by atoms with E-state index in [2.05, 4.69) is 20.9 Å². The number of nitrogens with zero attached hydrogens (tertiary/aromatic N) is 1. The molecule has 0 amide bonds. The van der Waals surface area contributed by atoms with Crippen molar-refractivity contribution in [1.29, 1.82) is 0 Å². The van der Waals surface area contributed by atoms with E-state index in [1.54, 1.807) is 0 Å². The normalized spacial score (nSPS) is 12.1. The van der Waals surface area contributed by atoms with E-state index < -0.39 is 27.2 Å². The predicted molar refractivity (Wildman–Crippen MR) is 53.0 cm³/mol.